The highest BCUT2D eigenvalue weighted by atomic mass is 16.5. The van der Waals surface area contributed by atoms with Crippen molar-refractivity contribution in [1.29, 1.82) is 0 Å². The molecule has 1 aromatic heterocycles. The van der Waals surface area contributed by atoms with Gasteiger partial charge in [0, 0.05) is 57.9 Å². The first-order valence-electron chi connectivity index (χ1n) is 14.3. The number of hydrogen-bond acceptors (Lipinski definition) is 7. The SMILES string of the molecule is O=C1CC[C@H](N2Cc3cc(O[C@H]4CCN(Cc5ccc6nc(N7CCCC7=O)ccc6c5)C4)ccc3C2=O)C(=O)N1.[HH]. The molecule has 7 rings (SSSR count). The van der Waals surface area contributed by atoms with Crippen molar-refractivity contribution in [2.45, 2.75) is 57.3 Å². The minimum atomic E-state index is -0.623. The molecule has 212 valence electrons. The van der Waals surface area contributed by atoms with Gasteiger partial charge in [-0.15, -0.1) is 0 Å². The van der Waals surface area contributed by atoms with Crippen molar-refractivity contribution in [3.05, 3.63) is 65.2 Å². The molecule has 10 nitrogen and oxygen atoms in total. The summed E-state index contributed by atoms with van der Waals surface area (Å²) in [6.45, 7) is 3.59. The van der Waals surface area contributed by atoms with Crippen molar-refractivity contribution >= 4 is 40.3 Å². The number of benzene rings is 2. The Morgan fingerprint density at radius 2 is 1.88 bits per heavy atom. The molecule has 4 amide bonds. The van der Waals surface area contributed by atoms with Crippen LogP contribution in [0.2, 0.25) is 0 Å². The zero-order valence-electron chi connectivity index (χ0n) is 22.7. The van der Waals surface area contributed by atoms with E-state index in [9.17, 15) is 19.2 Å². The van der Waals surface area contributed by atoms with Gasteiger partial charge in [-0.3, -0.25) is 34.3 Å². The number of nitrogens with one attached hydrogen (secondary N) is 1. The molecule has 0 unspecified atom stereocenters. The summed E-state index contributed by atoms with van der Waals surface area (Å²) in [4.78, 5) is 59.3. The second-order valence-electron chi connectivity index (χ2n) is 11.3. The average Bonchev–Trinajstić information content (AvgIpc) is 3.67. The average molecular weight is 556 g/mol. The Kier molecular flexibility index (Phi) is 6.42. The third-order valence-corrected chi connectivity index (χ3v) is 8.52. The highest BCUT2D eigenvalue weighted by Crippen LogP contribution is 2.31. The number of pyridine rings is 1. The lowest BCUT2D eigenvalue weighted by Crippen LogP contribution is -2.52. The minimum absolute atomic E-state index is 0. The molecule has 0 spiro atoms. The molecular weight excluding hydrogens is 522 g/mol. The number of amides is 4. The number of carbonyl (C=O) groups excluding carboxylic acids is 4. The lowest BCUT2D eigenvalue weighted by atomic mass is 10.0. The van der Waals surface area contributed by atoms with Gasteiger partial charge in [-0.2, -0.15) is 0 Å². The van der Waals surface area contributed by atoms with Crippen LogP contribution in [0, 0.1) is 0 Å². The van der Waals surface area contributed by atoms with Gasteiger partial charge in [-0.05, 0) is 72.9 Å². The molecule has 0 aliphatic carbocycles. The van der Waals surface area contributed by atoms with Gasteiger partial charge in [0.1, 0.15) is 23.7 Å². The van der Waals surface area contributed by atoms with Gasteiger partial charge < -0.3 is 9.64 Å². The number of carbonyl (C=O) groups is 4. The Hall–Kier alpha value is -4.31. The van der Waals surface area contributed by atoms with Gasteiger partial charge in [-0.25, -0.2) is 4.98 Å². The summed E-state index contributed by atoms with van der Waals surface area (Å²) in [7, 11) is 0. The van der Waals surface area contributed by atoms with Crippen LogP contribution in [-0.4, -0.2) is 70.2 Å². The molecule has 0 radical (unpaired) electrons. The summed E-state index contributed by atoms with van der Waals surface area (Å²) >= 11 is 0. The lowest BCUT2D eigenvalue weighted by molar-refractivity contribution is -0.137. The number of likely N-dealkylation sites (tertiary alicyclic amines) is 1. The highest BCUT2D eigenvalue weighted by molar-refractivity contribution is 6.05. The van der Waals surface area contributed by atoms with E-state index in [1.807, 2.05) is 30.3 Å². The Balaban J connectivity index is 0.00000316. The largest absolute Gasteiger partial charge is 0.489 e. The van der Waals surface area contributed by atoms with Crippen LogP contribution in [0.3, 0.4) is 0 Å². The fourth-order valence-electron chi connectivity index (χ4n) is 6.42. The molecule has 41 heavy (non-hydrogen) atoms. The standard InChI is InChI=1S/C31H31N5O5.H2/c37-28-10-8-26(30(39)33-28)36-17-21-15-22(5-6-24(21)31(36)40)41-23-11-13-34(18-23)16-19-3-7-25-20(14-19)4-9-27(32-25)35-12-1-2-29(35)38;/h3-7,9,14-15,23,26H,1-2,8,10-13,16-18H2,(H,33,37,39);1H/t23-,26-;/m0./s1. The lowest BCUT2D eigenvalue weighted by Gasteiger charge is -2.29. The number of rotatable bonds is 6. The van der Waals surface area contributed by atoms with E-state index in [-0.39, 0.29) is 31.7 Å². The van der Waals surface area contributed by atoms with Crippen LogP contribution in [0.4, 0.5) is 5.82 Å². The molecule has 3 saturated heterocycles. The Labute approximate surface area is 238 Å². The van der Waals surface area contributed by atoms with Gasteiger partial charge in [0.15, 0.2) is 0 Å². The topological polar surface area (TPSA) is 112 Å². The van der Waals surface area contributed by atoms with Gasteiger partial charge in [0.25, 0.3) is 5.91 Å². The number of anilines is 1. The highest BCUT2D eigenvalue weighted by Gasteiger charge is 2.39. The van der Waals surface area contributed by atoms with Crippen LogP contribution in [0.5, 0.6) is 5.75 Å². The van der Waals surface area contributed by atoms with Gasteiger partial charge in [0.05, 0.1) is 5.52 Å². The molecule has 0 bridgehead atoms. The van der Waals surface area contributed by atoms with E-state index in [0.717, 1.165) is 67.1 Å². The van der Waals surface area contributed by atoms with Crippen molar-refractivity contribution in [3.8, 4) is 5.75 Å². The van der Waals surface area contributed by atoms with Crippen molar-refractivity contribution in [2.75, 3.05) is 24.5 Å². The summed E-state index contributed by atoms with van der Waals surface area (Å²) in [6, 6.07) is 15.2. The molecular formula is C31H33N5O5. The molecule has 3 fully saturated rings. The number of ether oxygens (including phenoxy) is 1. The normalized spacial score (nSPS) is 23.0. The number of imide groups is 1. The summed E-state index contributed by atoms with van der Waals surface area (Å²) < 4.78 is 6.32. The fraction of sp³-hybridized carbons (Fsp3) is 0.387. The number of aromatic nitrogens is 1. The smallest absolute Gasteiger partial charge is 0.255 e. The Bertz CT molecular complexity index is 1600. The maximum absolute atomic E-state index is 13.0. The second-order valence-corrected chi connectivity index (χ2v) is 11.3. The van der Waals surface area contributed by atoms with E-state index in [1.165, 1.54) is 5.56 Å². The molecule has 4 aliphatic rings. The molecule has 10 heteroatoms. The number of hydrogen-bond donors (Lipinski definition) is 1. The van der Waals surface area contributed by atoms with Crippen LogP contribution < -0.4 is 15.0 Å². The van der Waals surface area contributed by atoms with Crippen LogP contribution in [0.15, 0.2) is 48.5 Å². The van der Waals surface area contributed by atoms with E-state index in [4.69, 9.17) is 9.72 Å². The zero-order chi connectivity index (χ0) is 28.1. The molecule has 5 heterocycles. The molecule has 2 aromatic carbocycles. The van der Waals surface area contributed by atoms with Crippen molar-refractivity contribution in [3.63, 3.8) is 0 Å². The van der Waals surface area contributed by atoms with E-state index in [1.54, 1.807) is 15.9 Å². The van der Waals surface area contributed by atoms with Crippen LogP contribution in [-0.2, 0) is 27.5 Å². The third kappa shape index (κ3) is 4.93. The Morgan fingerprint density at radius 1 is 0.976 bits per heavy atom. The molecule has 0 saturated carbocycles. The van der Waals surface area contributed by atoms with Crippen molar-refractivity contribution < 1.29 is 25.3 Å². The zero-order valence-corrected chi connectivity index (χ0v) is 22.7. The maximum Gasteiger partial charge on any atom is 0.255 e. The summed E-state index contributed by atoms with van der Waals surface area (Å²) in [5.41, 5.74) is 3.52. The minimum Gasteiger partial charge on any atom is -0.489 e. The van der Waals surface area contributed by atoms with Crippen LogP contribution in [0.1, 0.15) is 55.0 Å². The second kappa shape index (κ2) is 10.3. The monoisotopic (exact) mass is 555 g/mol. The van der Waals surface area contributed by atoms with Crippen LogP contribution >= 0.6 is 0 Å². The first-order chi connectivity index (χ1) is 19.9. The van der Waals surface area contributed by atoms with Crippen LogP contribution in [0.25, 0.3) is 10.9 Å². The van der Waals surface area contributed by atoms with E-state index in [2.05, 4.69) is 22.3 Å². The maximum atomic E-state index is 13.0. The molecule has 1 N–H and O–H groups in total. The number of fused-ring (bicyclic) bond motifs is 2. The predicted molar refractivity (Wildman–Crippen MR) is 152 cm³/mol. The molecule has 2 atom stereocenters. The summed E-state index contributed by atoms with van der Waals surface area (Å²) in [5.74, 6) is 0.709. The molecule has 3 aromatic rings. The predicted octanol–water partition coefficient (Wildman–Crippen LogP) is 3.02. The van der Waals surface area contributed by atoms with Crippen molar-refractivity contribution in [1.82, 2.24) is 20.1 Å². The Morgan fingerprint density at radius 3 is 2.71 bits per heavy atom. The van der Waals surface area contributed by atoms with E-state index >= 15 is 0 Å². The van der Waals surface area contributed by atoms with Gasteiger partial charge in [-0.1, -0.05) is 6.07 Å². The van der Waals surface area contributed by atoms with Gasteiger partial charge in [0.2, 0.25) is 17.7 Å². The fourth-order valence-corrected chi connectivity index (χ4v) is 6.42. The summed E-state index contributed by atoms with van der Waals surface area (Å²) in [5, 5.41) is 3.40. The van der Waals surface area contributed by atoms with E-state index in [0.29, 0.717) is 24.9 Å². The van der Waals surface area contributed by atoms with E-state index < -0.39 is 11.9 Å². The third-order valence-electron chi connectivity index (χ3n) is 8.52. The number of nitrogens with zero attached hydrogens (tertiary/aromatic N) is 4. The van der Waals surface area contributed by atoms with Gasteiger partial charge >= 0.3 is 0 Å². The first-order valence-corrected chi connectivity index (χ1v) is 14.3. The number of piperidine rings is 1. The van der Waals surface area contributed by atoms with Crippen molar-refractivity contribution in [2.24, 2.45) is 0 Å². The molecule has 4 aliphatic heterocycles. The first kappa shape index (κ1) is 25.6. The quantitative estimate of drug-likeness (QED) is 0.466. The summed E-state index contributed by atoms with van der Waals surface area (Å²) in [6.07, 6.45) is 3.00.